The standard InChI is InChI=1S/C40H37N3O6S/c1-4-49-32-21-16-30(17-22-32)42-40(46)37(27-11-7-5-8-12-27)50-34-23-18-31(19-24-34)41-39(45)35(43-38(44)28-13-9-6-10-14-28)25-29-15-20-33(47-2)26-36(29)48-3/h5-26,37H,4H2,1-3H3,(H,41,45)(H,42,46)(H,43,44)/b35-25-. The highest BCUT2D eigenvalue weighted by Crippen LogP contribution is 2.37. The summed E-state index contributed by atoms with van der Waals surface area (Å²) in [4.78, 5) is 41.1. The van der Waals surface area contributed by atoms with Crippen LogP contribution in [0.25, 0.3) is 6.08 Å². The number of benzene rings is 5. The van der Waals surface area contributed by atoms with Gasteiger partial charge in [-0.2, -0.15) is 0 Å². The van der Waals surface area contributed by atoms with Gasteiger partial charge in [-0.25, -0.2) is 0 Å². The Bertz CT molecular complexity index is 1930. The van der Waals surface area contributed by atoms with Gasteiger partial charge in [-0.3, -0.25) is 14.4 Å². The van der Waals surface area contributed by atoms with Gasteiger partial charge < -0.3 is 30.2 Å². The Kier molecular flexibility index (Phi) is 12.3. The van der Waals surface area contributed by atoms with Gasteiger partial charge in [0.1, 0.15) is 28.2 Å². The Labute approximate surface area is 295 Å². The second-order valence-corrected chi connectivity index (χ2v) is 12.0. The molecule has 254 valence electrons. The molecule has 0 aliphatic rings. The fraction of sp³-hybridized carbons (Fsp3) is 0.125. The number of rotatable bonds is 14. The second kappa shape index (κ2) is 17.4. The Morgan fingerprint density at radius 3 is 1.98 bits per heavy atom. The summed E-state index contributed by atoms with van der Waals surface area (Å²) in [6.07, 6.45) is 1.55. The summed E-state index contributed by atoms with van der Waals surface area (Å²) in [7, 11) is 3.06. The molecule has 5 rings (SSSR count). The molecule has 1 atom stereocenters. The van der Waals surface area contributed by atoms with Crippen molar-refractivity contribution in [1.82, 2.24) is 5.32 Å². The Morgan fingerprint density at radius 2 is 1.34 bits per heavy atom. The van der Waals surface area contributed by atoms with Crippen LogP contribution in [0.4, 0.5) is 11.4 Å². The number of thioether (sulfide) groups is 1. The summed E-state index contributed by atoms with van der Waals surface area (Å²) in [6.45, 7) is 2.48. The smallest absolute Gasteiger partial charge is 0.272 e. The van der Waals surface area contributed by atoms with E-state index in [1.54, 1.807) is 73.8 Å². The maximum absolute atomic E-state index is 13.6. The summed E-state index contributed by atoms with van der Waals surface area (Å²) in [5, 5.41) is 8.08. The molecule has 9 nitrogen and oxygen atoms in total. The second-order valence-electron chi connectivity index (χ2n) is 10.8. The molecular formula is C40H37N3O6S. The van der Waals surface area contributed by atoms with E-state index in [9.17, 15) is 14.4 Å². The molecule has 3 N–H and O–H groups in total. The van der Waals surface area contributed by atoms with Crippen molar-refractivity contribution in [2.75, 3.05) is 31.5 Å². The van der Waals surface area contributed by atoms with Crippen molar-refractivity contribution in [3.8, 4) is 17.2 Å². The first kappa shape index (κ1) is 35.3. The largest absolute Gasteiger partial charge is 0.497 e. The molecule has 10 heteroatoms. The maximum Gasteiger partial charge on any atom is 0.272 e. The summed E-state index contributed by atoms with van der Waals surface area (Å²) >= 11 is 1.39. The highest BCUT2D eigenvalue weighted by molar-refractivity contribution is 8.00. The minimum Gasteiger partial charge on any atom is -0.497 e. The molecule has 0 aromatic heterocycles. The number of nitrogens with one attached hydrogen (secondary N) is 3. The van der Waals surface area contributed by atoms with E-state index in [0.717, 1.165) is 16.2 Å². The van der Waals surface area contributed by atoms with Crippen LogP contribution in [0.1, 0.15) is 33.7 Å². The van der Waals surface area contributed by atoms with Crippen LogP contribution in [0.5, 0.6) is 17.2 Å². The molecule has 0 radical (unpaired) electrons. The number of hydrogen-bond acceptors (Lipinski definition) is 7. The Hall–Kier alpha value is -6.00. The average Bonchev–Trinajstić information content (AvgIpc) is 3.15. The maximum atomic E-state index is 13.6. The lowest BCUT2D eigenvalue weighted by Crippen LogP contribution is -2.30. The van der Waals surface area contributed by atoms with E-state index in [1.807, 2.05) is 73.7 Å². The Balaban J connectivity index is 1.34. The zero-order chi connectivity index (χ0) is 35.3. The van der Waals surface area contributed by atoms with Crippen LogP contribution in [-0.2, 0) is 9.59 Å². The lowest BCUT2D eigenvalue weighted by molar-refractivity contribution is -0.116. The molecule has 5 aromatic carbocycles. The van der Waals surface area contributed by atoms with E-state index in [-0.39, 0.29) is 11.6 Å². The van der Waals surface area contributed by atoms with Gasteiger partial charge in [0, 0.05) is 33.5 Å². The lowest BCUT2D eigenvalue weighted by atomic mass is 10.1. The SMILES string of the molecule is CCOc1ccc(NC(=O)C(Sc2ccc(NC(=O)/C(=C/c3ccc(OC)cc3OC)NC(=O)c3ccccc3)cc2)c2ccccc2)cc1. The van der Waals surface area contributed by atoms with Crippen LogP contribution in [0.2, 0.25) is 0 Å². The molecule has 0 aliphatic carbocycles. The van der Waals surface area contributed by atoms with E-state index >= 15 is 0 Å². The normalized spacial score (nSPS) is 11.5. The molecule has 0 saturated heterocycles. The fourth-order valence-electron chi connectivity index (χ4n) is 4.90. The minimum absolute atomic E-state index is 0.0101. The van der Waals surface area contributed by atoms with Crippen LogP contribution in [0.15, 0.2) is 138 Å². The third-order valence-corrected chi connectivity index (χ3v) is 8.67. The summed E-state index contributed by atoms with van der Waals surface area (Å²) in [5.74, 6) is 0.615. The summed E-state index contributed by atoms with van der Waals surface area (Å²) in [5.41, 5.74) is 2.97. The van der Waals surface area contributed by atoms with Crippen molar-refractivity contribution in [2.45, 2.75) is 17.1 Å². The number of anilines is 2. The molecule has 0 saturated carbocycles. The monoisotopic (exact) mass is 687 g/mol. The first-order valence-electron chi connectivity index (χ1n) is 15.8. The van der Waals surface area contributed by atoms with Gasteiger partial charge in [-0.05, 0) is 91.4 Å². The van der Waals surface area contributed by atoms with E-state index in [2.05, 4.69) is 16.0 Å². The van der Waals surface area contributed by atoms with Crippen LogP contribution in [0.3, 0.4) is 0 Å². The number of ether oxygens (including phenoxy) is 3. The number of carbonyl (C=O) groups excluding carboxylic acids is 3. The topological polar surface area (TPSA) is 115 Å². The van der Waals surface area contributed by atoms with Gasteiger partial charge in [-0.15, -0.1) is 11.8 Å². The van der Waals surface area contributed by atoms with E-state index in [1.165, 1.54) is 18.9 Å². The quantitative estimate of drug-likeness (QED) is 0.0801. The van der Waals surface area contributed by atoms with Gasteiger partial charge in [-0.1, -0.05) is 48.5 Å². The first-order chi connectivity index (χ1) is 24.4. The highest BCUT2D eigenvalue weighted by Gasteiger charge is 2.23. The first-order valence-corrected chi connectivity index (χ1v) is 16.7. The van der Waals surface area contributed by atoms with Crippen molar-refractivity contribution < 1.29 is 28.6 Å². The third kappa shape index (κ3) is 9.55. The number of amides is 3. The fourth-order valence-corrected chi connectivity index (χ4v) is 5.92. The van der Waals surface area contributed by atoms with Crippen LogP contribution in [-0.4, -0.2) is 38.5 Å². The molecule has 1 unspecified atom stereocenters. The molecule has 0 fully saturated rings. The molecular weight excluding hydrogens is 651 g/mol. The zero-order valence-electron chi connectivity index (χ0n) is 27.8. The third-order valence-electron chi connectivity index (χ3n) is 7.41. The zero-order valence-corrected chi connectivity index (χ0v) is 28.7. The average molecular weight is 688 g/mol. The van der Waals surface area contributed by atoms with Crippen molar-refractivity contribution >= 4 is 46.9 Å². The molecule has 50 heavy (non-hydrogen) atoms. The Morgan fingerprint density at radius 1 is 0.720 bits per heavy atom. The summed E-state index contributed by atoms with van der Waals surface area (Å²) < 4.78 is 16.3. The predicted octanol–water partition coefficient (Wildman–Crippen LogP) is 7.98. The number of methoxy groups -OCH3 is 2. The van der Waals surface area contributed by atoms with Crippen LogP contribution < -0.4 is 30.2 Å². The van der Waals surface area contributed by atoms with Gasteiger partial charge in [0.2, 0.25) is 5.91 Å². The lowest BCUT2D eigenvalue weighted by Gasteiger charge is -2.18. The van der Waals surface area contributed by atoms with E-state index in [4.69, 9.17) is 14.2 Å². The van der Waals surface area contributed by atoms with Gasteiger partial charge >= 0.3 is 0 Å². The van der Waals surface area contributed by atoms with Crippen molar-refractivity contribution in [3.05, 3.63) is 150 Å². The van der Waals surface area contributed by atoms with Gasteiger partial charge in [0.25, 0.3) is 11.8 Å². The van der Waals surface area contributed by atoms with E-state index < -0.39 is 17.1 Å². The van der Waals surface area contributed by atoms with Gasteiger partial charge in [0.15, 0.2) is 0 Å². The van der Waals surface area contributed by atoms with Crippen molar-refractivity contribution in [1.29, 1.82) is 0 Å². The van der Waals surface area contributed by atoms with Crippen LogP contribution >= 0.6 is 11.8 Å². The molecule has 5 aromatic rings. The van der Waals surface area contributed by atoms with E-state index in [0.29, 0.717) is 40.6 Å². The summed E-state index contributed by atoms with van der Waals surface area (Å²) in [6, 6.07) is 37.7. The number of hydrogen-bond donors (Lipinski definition) is 3. The van der Waals surface area contributed by atoms with Gasteiger partial charge in [0.05, 0.1) is 20.8 Å². The molecule has 0 bridgehead atoms. The molecule has 0 heterocycles. The molecule has 0 spiro atoms. The highest BCUT2D eigenvalue weighted by atomic mass is 32.2. The minimum atomic E-state index is -0.551. The molecule has 3 amide bonds. The van der Waals surface area contributed by atoms with Crippen molar-refractivity contribution in [2.24, 2.45) is 0 Å². The molecule has 0 aliphatic heterocycles. The number of carbonyl (C=O) groups is 3. The van der Waals surface area contributed by atoms with Crippen LogP contribution in [0, 0.1) is 0 Å². The van der Waals surface area contributed by atoms with Crippen molar-refractivity contribution in [3.63, 3.8) is 0 Å². The predicted molar refractivity (Wildman–Crippen MR) is 198 cm³/mol.